The van der Waals surface area contributed by atoms with E-state index in [0.717, 1.165) is 24.5 Å². The van der Waals surface area contributed by atoms with Gasteiger partial charge in [0.15, 0.2) is 0 Å². The van der Waals surface area contributed by atoms with Gasteiger partial charge in [-0.1, -0.05) is 80.6 Å². The molecule has 32 heavy (non-hydrogen) atoms. The van der Waals surface area contributed by atoms with Crippen LogP contribution in [0.5, 0.6) is 0 Å². The minimum atomic E-state index is 0.852. The van der Waals surface area contributed by atoms with Crippen molar-refractivity contribution in [2.75, 3.05) is 0 Å². The van der Waals surface area contributed by atoms with Gasteiger partial charge in [0, 0.05) is 21.3 Å². The summed E-state index contributed by atoms with van der Waals surface area (Å²) in [5, 5.41) is 1.42. The van der Waals surface area contributed by atoms with Crippen LogP contribution in [0.2, 0.25) is 0 Å². The maximum absolute atomic E-state index is 4.81. The molecule has 2 aliphatic rings. The Labute approximate surface area is 194 Å². The lowest BCUT2D eigenvalue weighted by atomic mass is 9.85. The summed E-state index contributed by atoms with van der Waals surface area (Å²) in [7, 11) is 0. The van der Waals surface area contributed by atoms with E-state index in [1.165, 1.54) is 81.3 Å². The predicted molar refractivity (Wildman–Crippen MR) is 138 cm³/mol. The number of aromatic nitrogens is 1. The number of aryl methyl sites for hydroxylation is 1. The molecule has 0 radical (unpaired) electrons. The molecule has 160 valence electrons. The number of pyridine rings is 1. The van der Waals surface area contributed by atoms with Crippen molar-refractivity contribution in [3.8, 4) is 11.3 Å². The molecule has 2 heterocycles. The van der Waals surface area contributed by atoms with Gasteiger partial charge in [-0.25, -0.2) is 0 Å². The van der Waals surface area contributed by atoms with Crippen molar-refractivity contribution >= 4 is 33.1 Å². The number of thiophene rings is 1. The SMILES string of the molecule is C1=C(c2ccccc2)CCc2c1sc1c(-c3cc(CC4CCCCC4)ccn3)cccc21. The average Bonchev–Trinajstić information content (AvgIpc) is 3.23. The van der Waals surface area contributed by atoms with Crippen molar-refractivity contribution in [2.24, 2.45) is 5.92 Å². The molecule has 1 nitrogen and oxygen atoms in total. The summed E-state index contributed by atoms with van der Waals surface area (Å²) in [5.74, 6) is 0.852. The predicted octanol–water partition coefficient (Wildman–Crippen LogP) is 8.57. The van der Waals surface area contributed by atoms with Crippen LogP contribution in [0.15, 0.2) is 66.9 Å². The molecule has 0 bridgehead atoms. The molecule has 2 aromatic carbocycles. The van der Waals surface area contributed by atoms with Crippen LogP contribution in [0.4, 0.5) is 0 Å². The molecule has 0 amide bonds. The van der Waals surface area contributed by atoms with E-state index >= 15 is 0 Å². The fourth-order valence-corrected chi connectivity index (χ4v) is 6.95. The third kappa shape index (κ3) is 3.82. The van der Waals surface area contributed by atoms with Crippen molar-refractivity contribution in [2.45, 2.75) is 51.4 Å². The number of nitrogens with zero attached hydrogens (tertiary/aromatic N) is 1. The fourth-order valence-electron chi connectivity index (χ4n) is 5.61. The highest BCUT2D eigenvalue weighted by molar-refractivity contribution is 7.20. The monoisotopic (exact) mass is 435 g/mol. The van der Waals surface area contributed by atoms with Gasteiger partial charge in [-0.15, -0.1) is 11.3 Å². The largest absolute Gasteiger partial charge is 0.256 e. The van der Waals surface area contributed by atoms with E-state index in [1.54, 1.807) is 0 Å². The highest BCUT2D eigenvalue weighted by Gasteiger charge is 2.20. The van der Waals surface area contributed by atoms with Crippen molar-refractivity contribution in [3.05, 3.63) is 88.4 Å². The van der Waals surface area contributed by atoms with Crippen molar-refractivity contribution in [1.29, 1.82) is 0 Å². The van der Waals surface area contributed by atoms with Gasteiger partial charge in [-0.2, -0.15) is 0 Å². The molecule has 1 saturated carbocycles. The summed E-state index contributed by atoms with van der Waals surface area (Å²) in [6.07, 6.45) is 14.9. The van der Waals surface area contributed by atoms with Crippen LogP contribution in [-0.2, 0) is 12.8 Å². The lowest BCUT2D eigenvalue weighted by Crippen LogP contribution is -2.09. The molecular weight excluding hydrogens is 406 g/mol. The summed E-state index contributed by atoms with van der Waals surface area (Å²) in [6.45, 7) is 0. The van der Waals surface area contributed by atoms with E-state index < -0.39 is 0 Å². The Kier molecular flexibility index (Phi) is 5.40. The molecule has 2 heteroatoms. The summed E-state index contributed by atoms with van der Waals surface area (Å²) in [5.41, 5.74) is 8.21. The van der Waals surface area contributed by atoms with E-state index in [9.17, 15) is 0 Å². The first kappa shape index (κ1) is 19.9. The Morgan fingerprint density at radius 1 is 0.875 bits per heavy atom. The molecule has 0 spiro atoms. The number of hydrogen-bond acceptors (Lipinski definition) is 2. The first-order valence-corrected chi connectivity index (χ1v) is 12.9. The van der Waals surface area contributed by atoms with Crippen LogP contribution in [0, 0.1) is 5.92 Å². The number of hydrogen-bond donors (Lipinski definition) is 0. The standard InChI is InChI=1S/C30H29NS/c1-3-8-21(9-4-1)18-22-16-17-31-28(19-22)27-13-7-12-26-25-15-14-24(20-29(25)32-30(26)27)23-10-5-2-6-11-23/h2,5-7,10-13,16-17,19-21H,1,3-4,8-9,14-15,18H2. The molecule has 4 aromatic rings. The molecule has 0 aliphatic heterocycles. The molecule has 0 atom stereocenters. The number of rotatable bonds is 4. The van der Waals surface area contributed by atoms with Gasteiger partial charge in [0.1, 0.15) is 0 Å². The second-order valence-electron chi connectivity index (χ2n) is 9.42. The van der Waals surface area contributed by atoms with Crippen LogP contribution >= 0.6 is 11.3 Å². The fraction of sp³-hybridized carbons (Fsp3) is 0.300. The molecule has 6 rings (SSSR count). The Bertz CT molecular complexity index is 1270. The van der Waals surface area contributed by atoms with Crippen molar-refractivity contribution in [1.82, 2.24) is 4.98 Å². The number of fused-ring (bicyclic) bond motifs is 3. The zero-order chi connectivity index (χ0) is 21.3. The molecule has 2 aliphatic carbocycles. The molecule has 2 aromatic heterocycles. The van der Waals surface area contributed by atoms with E-state index in [4.69, 9.17) is 4.98 Å². The lowest BCUT2D eigenvalue weighted by Gasteiger charge is -2.21. The van der Waals surface area contributed by atoms with Gasteiger partial charge < -0.3 is 0 Å². The first-order valence-electron chi connectivity index (χ1n) is 12.1. The van der Waals surface area contributed by atoms with Gasteiger partial charge in [-0.3, -0.25) is 4.98 Å². The van der Waals surface area contributed by atoms with Gasteiger partial charge in [0.2, 0.25) is 0 Å². The van der Waals surface area contributed by atoms with Gasteiger partial charge in [0.05, 0.1) is 5.69 Å². The smallest absolute Gasteiger partial charge is 0.0719 e. The third-order valence-corrected chi connectivity index (χ3v) is 8.52. The van der Waals surface area contributed by atoms with Crippen LogP contribution in [-0.4, -0.2) is 4.98 Å². The quantitative estimate of drug-likeness (QED) is 0.313. The number of allylic oxidation sites excluding steroid dienone is 1. The van der Waals surface area contributed by atoms with Crippen LogP contribution < -0.4 is 0 Å². The number of benzene rings is 2. The third-order valence-electron chi connectivity index (χ3n) is 7.29. The van der Waals surface area contributed by atoms with E-state index in [1.807, 2.05) is 17.5 Å². The van der Waals surface area contributed by atoms with Gasteiger partial charge >= 0.3 is 0 Å². The Balaban J connectivity index is 1.37. The second kappa shape index (κ2) is 8.67. The first-order chi connectivity index (χ1) is 15.8. The molecule has 1 fully saturated rings. The summed E-state index contributed by atoms with van der Waals surface area (Å²) >= 11 is 1.94. The summed E-state index contributed by atoms with van der Waals surface area (Å²) < 4.78 is 1.39. The normalized spacial score (nSPS) is 16.7. The zero-order valence-electron chi connectivity index (χ0n) is 18.5. The minimum absolute atomic E-state index is 0.852. The van der Waals surface area contributed by atoms with Gasteiger partial charge in [0.25, 0.3) is 0 Å². The van der Waals surface area contributed by atoms with Crippen molar-refractivity contribution in [3.63, 3.8) is 0 Å². The maximum atomic E-state index is 4.81. The second-order valence-corrected chi connectivity index (χ2v) is 10.5. The van der Waals surface area contributed by atoms with E-state index in [2.05, 4.69) is 66.7 Å². The zero-order valence-corrected chi connectivity index (χ0v) is 19.3. The van der Waals surface area contributed by atoms with Crippen LogP contribution in [0.1, 0.15) is 60.1 Å². The average molecular weight is 436 g/mol. The van der Waals surface area contributed by atoms with E-state index in [-0.39, 0.29) is 0 Å². The lowest BCUT2D eigenvalue weighted by molar-refractivity contribution is 0.356. The Morgan fingerprint density at radius 2 is 1.75 bits per heavy atom. The molecule has 0 unspecified atom stereocenters. The molecule has 0 saturated heterocycles. The van der Waals surface area contributed by atoms with E-state index in [0.29, 0.717) is 0 Å². The van der Waals surface area contributed by atoms with Crippen LogP contribution in [0.25, 0.3) is 33.0 Å². The topological polar surface area (TPSA) is 12.9 Å². The Hall–Kier alpha value is -2.71. The highest BCUT2D eigenvalue weighted by atomic mass is 32.1. The van der Waals surface area contributed by atoms with Crippen molar-refractivity contribution < 1.29 is 0 Å². The summed E-state index contributed by atoms with van der Waals surface area (Å²) in [4.78, 5) is 6.24. The van der Waals surface area contributed by atoms with Gasteiger partial charge in [-0.05, 0) is 71.0 Å². The molecular formula is C30H29NS. The van der Waals surface area contributed by atoms with Crippen LogP contribution in [0.3, 0.4) is 0 Å². The Morgan fingerprint density at radius 3 is 2.62 bits per heavy atom. The minimum Gasteiger partial charge on any atom is -0.256 e. The summed E-state index contributed by atoms with van der Waals surface area (Å²) in [6, 6.07) is 22.2. The maximum Gasteiger partial charge on any atom is 0.0719 e. The highest BCUT2D eigenvalue weighted by Crippen LogP contribution is 2.43. The molecule has 0 N–H and O–H groups in total.